The van der Waals surface area contributed by atoms with Crippen LogP contribution < -0.4 is 5.73 Å². The van der Waals surface area contributed by atoms with Gasteiger partial charge in [-0.15, -0.1) is 0 Å². The minimum atomic E-state index is -0.479. The molecule has 0 aliphatic carbocycles. The van der Waals surface area contributed by atoms with E-state index in [0.29, 0.717) is 13.1 Å². The van der Waals surface area contributed by atoms with Gasteiger partial charge in [0.25, 0.3) is 0 Å². The van der Waals surface area contributed by atoms with Crippen molar-refractivity contribution < 1.29 is 9.53 Å². The highest BCUT2D eigenvalue weighted by Gasteiger charge is 2.31. The highest BCUT2D eigenvalue weighted by molar-refractivity contribution is 5.69. The van der Waals surface area contributed by atoms with Gasteiger partial charge < -0.3 is 10.5 Å². The molecule has 0 bridgehead atoms. The van der Waals surface area contributed by atoms with Crippen LogP contribution in [0.3, 0.4) is 0 Å². The summed E-state index contributed by atoms with van der Waals surface area (Å²) in [5.41, 5.74) is 7.79. The topological polar surface area (TPSA) is 55.6 Å². The van der Waals surface area contributed by atoms with E-state index in [1.54, 1.807) is 4.90 Å². The van der Waals surface area contributed by atoms with Crippen LogP contribution in [-0.4, -0.2) is 35.7 Å². The lowest BCUT2D eigenvalue weighted by Gasteiger charge is -2.37. The highest BCUT2D eigenvalue weighted by Crippen LogP contribution is 2.25. The van der Waals surface area contributed by atoms with E-state index in [0.717, 1.165) is 6.42 Å². The predicted octanol–water partition coefficient (Wildman–Crippen LogP) is 2.85. The highest BCUT2D eigenvalue weighted by atomic mass is 16.6. The Balaban J connectivity index is 2.90. The molecule has 0 fully saturated rings. The lowest BCUT2D eigenvalue weighted by molar-refractivity contribution is 0.0176. The molecule has 0 saturated carbocycles. The van der Waals surface area contributed by atoms with E-state index in [-0.39, 0.29) is 12.1 Å². The SMILES string of the molecule is C/C=C\C1=C(C)CC(CN)N(C(=O)OC(C)(C)C)C1. The predicted molar refractivity (Wildman–Crippen MR) is 77.9 cm³/mol. The third kappa shape index (κ3) is 4.39. The molecule has 19 heavy (non-hydrogen) atoms. The first-order chi connectivity index (χ1) is 8.78. The van der Waals surface area contributed by atoms with Crippen molar-refractivity contribution in [3.05, 3.63) is 23.3 Å². The second-order valence-corrected chi connectivity index (χ2v) is 6.01. The number of hydrogen-bond donors (Lipinski definition) is 1. The molecule has 4 nitrogen and oxygen atoms in total. The summed E-state index contributed by atoms with van der Waals surface area (Å²) in [7, 11) is 0. The molecule has 1 unspecified atom stereocenters. The number of amides is 1. The van der Waals surface area contributed by atoms with Gasteiger partial charge in [0.15, 0.2) is 0 Å². The van der Waals surface area contributed by atoms with Crippen molar-refractivity contribution in [3.63, 3.8) is 0 Å². The molecule has 1 aliphatic rings. The Labute approximate surface area is 116 Å². The Hall–Kier alpha value is -1.29. The lowest BCUT2D eigenvalue weighted by atomic mass is 9.95. The van der Waals surface area contributed by atoms with Gasteiger partial charge in [-0.3, -0.25) is 4.90 Å². The van der Waals surface area contributed by atoms with Crippen LogP contribution >= 0.6 is 0 Å². The van der Waals surface area contributed by atoms with Crippen LogP contribution in [0.4, 0.5) is 4.79 Å². The molecule has 0 aromatic carbocycles. The second kappa shape index (κ2) is 6.24. The van der Waals surface area contributed by atoms with Gasteiger partial charge in [-0.25, -0.2) is 4.79 Å². The Morgan fingerprint density at radius 2 is 2.16 bits per heavy atom. The van der Waals surface area contributed by atoms with Crippen LogP contribution in [0.2, 0.25) is 0 Å². The van der Waals surface area contributed by atoms with Gasteiger partial charge in [0.2, 0.25) is 0 Å². The van der Waals surface area contributed by atoms with E-state index in [2.05, 4.69) is 13.0 Å². The quantitative estimate of drug-likeness (QED) is 0.836. The summed E-state index contributed by atoms with van der Waals surface area (Å²) in [6.07, 6.45) is 4.58. The first-order valence-electron chi connectivity index (χ1n) is 6.79. The number of allylic oxidation sites excluding steroid dienone is 1. The normalized spacial score (nSPS) is 21.2. The third-order valence-corrected chi connectivity index (χ3v) is 3.14. The first kappa shape index (κ1) is 15.8. The van der Waals surface area contributed by atoms with Crippen LogP contribution in [0, 0.1) is 0 Å². The molecule has 4 heteroatoms. The van der Waals surface area contributed by atoms with E-state index >= 15 is 0 Å². The fourth-order valence-electron chi connectivity index (χ4n) is 2.18. The summed E-state index contributed by atoms with van der Waals surface area (Å²) in [4.78, 5) is 14.0. The fraction of sp³-hybridized carbons (Fsp3) is 0.667. The van der Waals surface area contributed by atoms with Crippen LogP contribution in [0.5, 0.6) is 0 Å². The van der Waals surface area contributed by atoms with Crippen LogP contribution in [0.15, 0.2) is 23.3 Å². The summed E-state index contributed by atoms with van der Waals surface area (Å²) in [5, 5.41) is 0. The average Bonchev–Trinajstić information content (AvgIpc) is 2.29. The summed E-state index contributed by atoms with van der Waals surface area (Å²) in [6.45, 7) is 10.7. The number of rotatable bonds is 2. The van der Waals surface area contributed by atoms with Crippen LogP contribution in [0.25, 0.3) is 0 Å². The second-order valence-electron chi connectivity index (χ2n) is 6.01. The minimum absolute atomic E-state index is 0.0313. The average molecular weight is 266 g/mol. The van der Waals surface area contributed by atoms with E-state index < -0.39 is 5.60 Å². The molecule has 1 atom stereocenters. The summed E-state index contributed by atoms with van der Waals surface area (Å²) in [5.74, 6) is 0. The summed E-state index contributed by atoms with van der Waals surface area (Å²) < 4.78 is 5.46. The van der Waals surface area contributed by atoms with Crippen LogP contribution in [-0.2, 0) is 4.74 Å². The number of hydrogen-bond acceptors (Lipinski definition) is 3. The van der Waals surface area contributed by atoms with Gasteiger partial charge >= 0.3 is 6.09 Å². The van der Waals surface area contributed by atoms with Crippen LogP contribution in [0.1, 0.15) is 41.0 Å². The Morgan fingerprint density at radius 1 is 1.53 bits per heavy atom. The van der Waals surface area contributed by atoms with Gasteiger partial charge in [0.05, 0.1) is 6.04 Å². The van der Waals surface area contributed by atoms with Gasteiger partial charge in [0, 0.05) is 13.1 Å². The smallest absolute Gasteiger partial charge is 0.410 e. The zero-order chi connectivity index (χ0) is 14.6. The van der Waals surface area contributed by atoms with E-state index in [1.807, 2.05) is 33.8 Å². The molecule has 108 valence electrons. The van der Waals surface area contributed by atoms with Crippen molar-refractivity contribution in [1.29, 1.82) is 0 Å². The van der Waals surface area contributed by atoms with Gasteiger partial charge in [0.1, 0.15) is 5.60 Å². The number of carbonyl (C=O) groups excluding carboxylic acids is 1. The van der Waals surface area contributed by atoms with E-state index in [4.69, 9.17) is 10.5 Å². The molecular weight excluding hydrogens is 240 g/mol. The van der Waals surface area contributed by atoms with E-state index in [1.165, 1.54) is 11.1 Å². The fourth-order valence-corrected chi connectivity index (χ4v) is 2.18. The van der Waals surface area contributed by atoms with Gasteiger partial charge in [-0.2, -0.15) is 0 Å². The lowest BCUT2D eigenvalue weighted by Crippen LogP contribution is -2.49. The first-order valence-corrected chi connectivity index (χ1v) is 6.79. The molecular formula is C15H26N2O2. The van der Waals surface area contributed by atoms with Crippen molar-refractivity contribution in [1.82, 2.24) is 4.90 Å². The monoisotopic (exact) mass is 266 g/mol. The molecule has 0 spiro atoms. The molecule has 0 aromatic heterocycles. The zero-order valence-corrected chi connectivity index (χ0v) is 12.7. The third-order valence-electron chi connectivity index (χ3n) is 3.14. The molecule has 2 N–H and O–H groups in total. The molecule has 1 heterocycles. The Bertz CT molecular complexity index is 391. The number of ether oxygens (including phenoxy) is 1. The maximum atomic E-state index is 12.2. The molecule has 0 radical (unpaired) electrons. The maximum absolute atomic E-state index is 12.2. The standard InChI is InChI=1S/C15H26N2O2/c1-6-7-12-10-17(13(9-16)8-11(12)2)14(18)19-15(3,4)5/h6-7,13H,8-10,16H2,1-5H3/b7-6-. The van der Waals surface area contributed by atoms with E-state index in [9.17, 15) is 4.79 Å². The molecule has 1 rings (SSSR count). The summed E-state index contributed by atoms with van der Waals surface area (Å²) in [6, 6.07) is 0.0313. The number of nitrogens with zero attached hydrogens (tertiary/aromatic N) is 1. The molecule has 0 saturated heterocycles. The van der Waals surface area contributed by atoms with Crippen molar-refractivity contribution in [2.45, 2.75) is 52.7 Å². The van der Waals surface area contributed by atoms with Crippen molar-refractivity contribution in [2.24, 2.45) is 5.73 Å². The minimum Gasteiger partial charge on any atom is -0.444 e. The van der Waals surface area contributed by atoms with Crippen molar-refractivity contribution in [2.75, 3.05) is 13.1 Å². The number of nitrogens with two attached hydrogens (primary N) is 1. The zero-order valence-electron chi connectivity index (χ0n) is 12.7. The van der Waals surface area contributed by atoms with Crippen molar-refractivity contribution in [3.8, 4) is 0 Å². The largest absolute Gasteiger partial charge is 0.444 e. The van der Waals surface area contributed by atoms with Gasteiger partial charge in [-0.1, -0.05) is 17.7 Å². The molecule has 1 aliphatic heterocycles. The van der Waals surface area contributed by atoms with Gasteiger partial charge in [-0.05, 0) is 46.6 Å². The molecule has 1 amide bonds. The maximum Gasteiger partial charge on any atom is 0.410 e. The van der Waals surface area contributed by atoms with Crippen molar-refractivity contribution >= 4 is 6.09 Å². The number of carbonyl (C=O) groups is 1. The summed E-state index contributed by atoms with van der Waals surface area (Å²) >= 11 is 0. The molecule has 0 aromatic rings. The Kier molecular flexibility index (Phi) is 5.18. The Morgan fingerprint density at radius 3 is 2.63 bits per heavy atom.